The maximum atomic E-state index is 4.61. The van der Waals surface area contributed by atoms with E-state index < -0.39 is 0 Å². The molecule has 17 heavy (non-hydrogen) atoms. The van der Waals surface area contributed by atoms with Crippen LogP contribution in [0.15, 0.2) is 6.20 Å². The van der Waals surface area contributed by atoms with Gasteiger partial charge in [-0.2, -0.15) is 5.10 Å². The van der Waals surface area contributed by atoms with Gasteiger partial charge in [-0.1, -0.05) is 20.8 Å². The van der Waals surface area contributed by atoms with Crippen LogP contribution in [0.5, 0.6) is 0 Å². The minimum Gasteiger partial charge on any atom is -0.314 e. The molecule has 0 spiro atoms. The number of aryl methyl sites for hydroxylation is 1. The molecule has 1 aromatic rings. The van der Waals surface area contributed by atoms with Crippen LogP contribution in [-0.2, 0) is 19.0 Å². The van der Waals surface area contributed by atoms with E-state index in [0.717, 1.165) is 19.6 Å². The zero-order valence-electron chi connectivity index (χ0n) is 11.6. The van der Waals surface area contributed by atoms with Crippen LogP contribution in [0.2, 0.25) is 0 Å². The molecule has 0 aromatic carbocycles. The summed E-state index contributed by atoms with van der Waals surface area (Å²) in [6.07, 6.45) is 2.16. The van der Waals surface area contributed by atoms with Gasteiger partial charge in [-0.05, 0) is 7.05 Å². The SMILES string of the molecule is CN(Cc1cn(C)nc1C(C)(C)C)C1CNC1. The predicted octanol–water partition coefficient (Wildman–Crippen LogP) is 1.12. The van der Waals surface area contributed by atoms with E-state index >= 15 is 0 Å². The number of nitrogens with one attached hydrogen (secondary N) is 1. The Kier molecular flexibility index (Phi) is 3.27. The molecule has 0 bridgehead atoms. The van der Waals surface area contributed by atoms with Crippen LogP contribution in [-0.4, -0.2) is 40.9 Å². The smallest absolute Gasteiger partial charge is 0.0722 e. The molecule has 4 heteroatoms. The van der Waals surface area contributed by atoms with Crippen LogP contribution >= 0.6 is 0 Å². The van der Waals surface area contributed by atoms with Crippen LogP contribution in [0.4, 0.5) is 0 Å². The van der Waals surface area contributed by atoms with E-state index in [9.17, 15) is 0 Å². The minimum atomic E-state index is 0.120. The van der Waals surface area contributed by atoms with Gasteiger partial charge in [0.05, 0.1) is 5.69 Å². The summed E-state index contributed by atoms with van der Waals surface area (Å²) in [5.41, 5.74) is 2.70. The third-order valence-electron chi connectivity index (χ3n) is 3.42. The highest BCUT2D eigenvalue weighted by atomic mass is 15.3. The molecule has 1 aromatic heterocycles. The first kappa shape index (κ1) is 12.6. The Bertz CT molecular complexity index is 385. The van der Waals surface area contributed by atoms with E-state index in [4.69, 9.17) is 0 Å². The molecule has 2 rings (SSSR count). The Balaban J connectivity index is 2.14. The van der Waals surface area contributed by atoms with Crippen molar-refractivity contribution in [1.29, 1.82) is 0 Å². The first-order valence-corrected chi connectivity index (χ1v) is 6.32. The van der Waals surface area contributed by atoms with Gasteiger partial charge in [-0.3, -0.25) is 9.58 Å². The molecule has 1 aliphatic heterocycles. The Morgan fingerprint density at radius 2 is 2.12 bits per heavy atom. The third-order valence-corrected chi connectivity index (χ3v) is 3.42. The monoisotopic (exact) mass is 236 g/mol. The number of rotatable bonds is 3. The number of nitrogens with zero attached hydrogens (tertiary/aromatic N) is 3. The van der Waals surface area contributed by atoms with Gasteiger partial charge in [0, 0.05) is 49.9 Å². The zero-order valence-corrected chi connectivity index (χ0v) is 11.6. The molecule has 0 unspecified atom stereocenters. The van der Waals surface area contributed by atoms with Crippen molar-refractivity contribution in [3.63, 3.8) is 0 Å². The second kappa shape index (κ2) is 4.42. The van der Waals surface area contributed by atoms with Crippen molar-refractivity contribution in [2.24, 2.45) is 7.05 Å². The van der Waals surface area contributed by atoms with Gasteiger partial charge in [-0.15, -0.1) is 0 Å². The number of hydrogen-bond acceptors (Lipinski definition) is 3. The van der Waals surface area contributed by atoms with Gasteiger partial charge in [0.15, 0.2) is 0 Å². The van der Waals surface area contributed by atoms with Crippen molar-refractivity contribution < 1.29 is 0 Å². The summed E-state index contributed by atoms with van der Waals surface area (Å²) >= 11 is 0. The van der Waals surface area contributed by atoms with Gasteiger partial charge in [0.2, 0.25) is 0 Å². The normalized spacial score (nSPS) is 17.5. The molecular formula is C13H24N4. The van der Waals surface area contributed by atoms with Crippen LogP contribution in [0.3, 0.4) is 0 Å². The van der Waals surface area contributed by atoms with Gasteiger partial charge in [-0.25, -0.2) is 0 Å². The lowest BCUT2D eigenvalue weighted by atomic mass is 9.89. The second-order valence-electron chi connectivity index (χ2n) is 6.15. The molecule has 1 saturated heterocycles. The van der Waals surface area contributed by atoms with Gasteiger partial charge in [0.25, 0.3) is 0 Å². The van der Waals surface area contributed by atoms with E-state index in [1.54, 1.807) is 0 Å². The topological polar surface area (TPSA) is 33.1 Å². The molecule has 1 aliphatic rings. The Labute approximate surface area is 104 Å². The Morgan fingerprint density at radius 3 is 2.59 bits per heavy atom. The number of hydrogen-bond donors (Lipinski definition) is 1. The lowest BCUT2D eigenvalue weighted by Crippen LogP contribution is -2.55. The number of aromatic nitrogens is 2. The van der Waals surface area contributed by atoms with Crippen molar-refractivity contribution >= 4 is 0 Å². The van der Waals surface area contributed by atoms with E-state index in [-0.39, 0.29) is 5.41 Å². The molecule has 0 saturated carbocycles. The second-order valence-corrected chi connectivity index (χ2v) is 6.15. The summed E-state index contributed by atoms with van der Waals surface area (Å²) in [6, 6.07) is 0.683. The van der Waals surface area contributed by atoms with Crippen molar-refractivity contribution in [3.8, 4) is 0 Å². The molecule has 0 radical (unpaired) electrons. The predicted molar refractivity (Wildman–Crippen MR) is 70.0 cm³/mol. The van der Waals surface area contributed by atoms with Gasteiger partial charge in [0.1, 0.15) is 0 Å². The van der Waals surface area contributed by atoms with E-state index in [1.165, 1.54) is 11.3 Å². The quantitative estimate of drug-likeness (QED) is 0.854. The largest absolute Gasteiger partial charge is 0.314 e. The molecular weight excluding hydrogens is 212 g/mol. The molecule has 2 heterocycles. The highest BCUT2D eigenvalue weighted by Gasteiger charge is 2.26. The van der Waals surface area contributed by atoms with Crippen molar-refractivity contribution in [3.05, 3.63) is 17.5 Å². The van der Waals surface area contributed by atoms with Crippen molar-refractivity contribution in [1.82, 2.24) is 20.0 Å². The molecule has 1 N–H and O–H groups in total. The minimum absolute atomic E-state index is 0.120. The first-order valence-electron chi connectivity index (χ1n) is 6.32. The van der Waals surface area contributed by atoms with Crippen LogP contribution in [0.25, 0.3) is 0 Å². The molecule has 0 atom stereocenters. The fourth-order valence-electron chi connectivity index (χ4n) is 2.27. The summed E-state index contributed by atoms with van der Waals surface area (Å²) < 4.78 is 1.93. The fraction of sp³-hybridized carbons (Fsp3) is 0.769. The molecule has 96 valence electrons. The van der Waals surface area contributed by atoms with E-state index in [2.05, 4.69) is 49.3 Å². The average molecular weight is 236 g/mol. The van der Waals surface area contributed by atoms with Crippen LogP contribution in [0.1, 0.15) is 32.0 Å². The third kappa shape index (κ3) is 2.69. The summed E-state index contributed by atoms with van der Waals surface area (Å²) in [7, 11) is 4.20. The van der Waals surface area contributed by atoms with Gasteiger partial charge >= 0.3 is 0 Å². The number of likely N-dealkylation sites (N-methyl/N-ethyl adjacent to an activating group) is 1. The summed E-state index contributed by atoms with van der Waals surface area (Å²) in [4.78, 5) is 2.42. The van der Waals surface area contributed by atoms with Crippen LogP contribution < -0.4 is 5.32 Å². The standard InChI is InChI=1S/C13H24N4/c1-13(2,3)12-10(9-17(5)15-12)8-16(4)11-6-14-7-11/h9,11,14H,6-8H2,1-5H3. The highest BCUT2D eigenvalue weighted by Crippen LogP contribution is 2.25. The summed E-state index contributed by atoms with van der Waals surface area (Å²) in [5, 5.41) is 7.93. The maximum Gasteiger partial charge on any atom is 0.0722 e. The maximum absolute atomic E-state index is 4.61. The Morgan fingerprint density at radius 1 is 1.47 bits per heavy atom. The Hall–Kier alpha value is -0.870. The highest BCUT2D eigenvalue weighted by molar-refractivity contribution is 5.24. The van der Waals surface area contributed by atoms with E-state index in [0.29, 0.717) is 6.04 Å². The van der Waals surface area contributed by atoms with Crippen molar-refractivity contribution in [2.45, 2.75) is 38.8 Å². The molecule has 1 fully saturated rings. The van der Waals surface area contributed by atoms with Gasteiger partial charge < -0.3 is 5.32 Å². The first-order chi connectivity index (χ1) is 7.88. The molecule has 0 aliphatic carbocycles. The van der Waals surface area contributed by atoms with Crippen LogP contribution in [0, 0.1) is 0 Å². The lowest BCUT2D eigenvalue weighted by molar-refractivity contribution is 0.172. The van der Waals surface area contributed by atoms with Crippen molar-refractivity contribution in [2.75, 3.05) is 20.1 Å². The zero-order chi connectivity index (χ0) is 12.6. The summed E-state index contributed by atoms with van der Waals surface area (Å²) in [6.45, 7) is 9.90. The summed E-state index contributed by atoms with van der Waals surface area (Å²) in [5.74, 6) is 0. The lowest BCUT2D eigenvalue weighted by Gasteiger charge is -2.35. The average Bonchev–Trinajstić information content (AvgIpc) is 2.42. The fourth-order valence-corrected chi connectivity index (χ4v) is 2.27. The molecule has 4 nitrogen and oxygen atoms in total. The molecule has 0 amide bonds. The van der Waals surface area contributed by atoms with E-state index in [1.807, 2.05) is 11.7 Å².